The second-order valence-electron chi connectivity index (χ2n) is 7.56. The summed E-state index contributed by atoms with van der Waals surface area (Å²) in [6, 6.07) is 8.52. The molecule has 28 heavy (non-hydrogen) atoms. The lowest BCUT2D eigenvalue weighted by Gasteiger charge is -2.27. The molecule has 2 aliphatic rings. The summed E-state index contributed by atoms with van der Waals surface area (Å²) in [5.41, 5.74) is 1.02. The average molecular weight is 400 g/mol. The van der Waals surface area contributed by atoms with E-state index in [4.69, 9.17) is 0 Å². The van der Waals surface area contributed by atoms with Crippen LogP contribution in [0, 0.1) is 0 Å². The molecule has 0 bridgehead atoms. The minimum Gasteiger partial charge on any atom is -0.357 e. The van der Waals surface area contributed by atoms with Gasteiger partial charge in [-0.05, 0) is 61.8 Å². The van der Waals surface area contributed by atoms with Gasteiger partial charge in [-0.15, -0.1) is 11.3 Å². The molecular weight excluding hydrogens is 370 g/mol. The van der Waals surface area contributed by atoms with E-state index in [0.717, 1.165) is 37.6 Å². The lowest BCUT2D eigenvalue weighted by molar-refractivity contribution is 0.222. The molecule has 2 saturated heterocycles. The molecule has 2 amide bonds. The van der Waals surface area contributed by atoms with Crippen LogP contribution in [0.4, 0.5) is 10.6 Å². The zero-order valence-electron chi connectivity index (χ0n) is 16.3. The van der Waals surface area contributed by atoms with Gasteiger partial charge in [-0.3, -0.25) is 4.90 Å². The number of nitrogens with one attached hydrogen (secondary N) is 2. The maximum Gasteiger partial charge on any atom is 0.315 e. The maximum absolute atomic E-state index is 12.3. The van der Waals surface area contributed by atoms with Crippen LogP contribution in [0.2, 0.25) is 0 Å². The monoisotopic (exact) mass is 399 g/mol. The zero-order chi connectivity index (χ0) is 19.2. The van der Waals surface area contributed by atoms with Crippen LogP contribution in [0.1, 0.15) is 42.2 Å². The third kappa shape index (κ3) is 4.83. The van der Waals surface area contributed by atoms with Crippen LogP contribution >= 0.6 is 11.3 Å². The number of amides is 2. The summed E-state index contributed by atoms with van der Waals surface area (Å²) < 4.78 is 0. The third-order valence-corrected chi connectivity index (χ3v) is 6.57. The van der Waals surface area contributed by atoms with Crippen molar-refractivity contribution >= 4 is 23.2 Å². The smallest absolute Gasteiger partial charge is 0.315 e. The number of aromatic nitrogens is 1. The lowest BCUT2D eigenvalue weighted by atomic mass is 10.2. The number of thiophene rings is 1. The summed E-state index contributed by atoms with van der Waals surface area (Å²) in [6.45, 7) is 5.54. The average Bonchev–Trinajstić information content (AvgIpc) is 3.51. The number of hydrogen-bond donors (Lipinski definition) is 2. The van der Waals surface area contributed by atoms with Gasteiger partial charge in [0.25, 0.3) is 0 Å². The number of carbonyl (C=O) groups excluding carboxylic acids is 1. The largest absolute Gasteiger partial charge is 0.357 e. The van der Waals surface area contributed by atoms with Gasteiger partial charge in [0.2, 0.25) is 0 Å². The predicted octanol–water partition coefficient (Wildman–Crippen LogP) is 3.38. The summed E-state index contributed by atoms with van der Waals surface area (Å²) in [7, 11) is 0. The van der Waals surface area contributed by atoms with E-state index in [1.165, 1.54) is 30.6 Å². The third-order valence-electron chi connectivity index (χ3n) is 5.60. The highest BCUT2D eigenvalue weighted by molar-refractivity contribution is 7.10. The molecule has 2 N–H and O–H groups in total. The summed E-state index contributed by atoms with van der Waals surface area (Å²) in [5.74, 6) is 1.04. The first-order valence-corrected chi connectivity index (χ1v) is 11.2. The van der Waals surface area contributed by atoms with Crippen LogP contribution in [0.5, 0.6) is 0 Å². The van der Waals surface area contributed by atoms with E-state index in [-0.39, 0.29) is 12.1 Å². The molecule has 4 heterocycles. The van der Waals surface area contributed by atoms with Gasteiger partial charge in [0.1, 0.15) is 5.82 Å². The van der Waals surface area contributed by atoms with Crippen molar-refractivity contribution in [2.45, 2.75) is 38.3 Å². The Morgan fingerprint density at radius 3 is 2.54 bits per heavy atom. The van der Waals surface area contributed by atoms with Gasteiger partial charge in [0.05, 0.1) is 6.04 Å². The molecule has 0 aliphatic carbocycles. The Morgan fingerprint density at radius 1 is 1.07 bits per heavy atom. The quantitative estimate of drug-likeness (QED) is 0.749. The summed E-state index contributed by atoms with van der Waals surface area (Å²) in [4.78, 5) is 23.0. The highest BCUT2D eigenvalue weighted by Gasteiger charge is 2.24. The number of hydrogen-bond acceptors (Lipinski definition) is 5. The molecule has 7 heteroatoms. The molecule has 2 aromatic heterocycles. The highest BCUT2D eigenvalue weighted by atomic mass is 32.1. The second-order valence-corrected chi connectivity index (χ2v) is 8.54. The Hall–Kier alpha value is -2.12. The number of likely N-dealkylation sites (tertiary alicyclic amines) is 1. The van der Waals surface area contributed by atoms with Crippen LogP contribution in [0.25, 0.3) is 0 Å². The number of pyridine rings is 1. The van der Waals surface area contributed by atoms with E-state index < -0.39 is 0 Å². The number of carbonyl (C=O) groups is 1. The Bertz CT molecular complexity index is 737. The SMILES string of the molecule is O=C(NCc1ccc(N2CCCC2)nc1)NCC(c1cccs1)N1CCCC1. The Labute approximate surface area is 170 Å². The van der Waals surface area contributed by atoms with E-state index in [1.54, 1.807) is 11.3 Å². The van der Waals surface area contributed by atoms with E-state index in [1.807, 2.05) is 6.20 Å². The minimum atomic E-state index is -0.121. The first-order valence-electron chi connectivity index (χ1n) is 10.3. The number of nitrogens with zero attached hydrogens (tertiary/aromatic N) is 3. The van der Waals surface area contributed by atoms with Gasteiger partial charge in [-0.25, -0.2) is 9.78 Å². The van der Waals surface area contributed by atoms with Crippen LogP contribution in [-0.4, -0.2) is 48.6 Å². The fraction of sp³-hybridized carbons (Fsp3) is 0.524. The highest BCUT2D eigenvalue weighted by Crippen LogP contribution is 2.27. The fourth-order valence-electron chi connectivity index (χ4n) is 4.03. The van der Waals surface area contributed by atoms with Gasteiger partial charge in [0, 0.05) is 37.3 Å². The standard InChI is InChI=1S/C21H29N5OS/c27-21(23-15-17-7-8-20(22-14-17)26-11-3-4-12-26)24-16-18(19-6-5-13-28-19)25-9-1-2-10-25/h5-8,13-14,18H,1-4,9-12,15-16H2,(H2,23,24,27). The molecule has 1 atom stereocenters. The maximum atomic E-state index is 12.3. The summed E-state index contributed by atoms with van der Waals surface area (Å²) in [5, 5.41) is 8.13. The van der Waals surface area contributed by atoms with Gasteiger partial charge < -0.3 is 15.5 Å². The Morgan fingerprint density at radius 2 is 1.86 bits per heavy atom. The molecule has 150 valence electrons. The zero-order valence-corrected chi connectivity index (χ0v) is 17.1. The van der Waals surface area contributed by atoms with Crippen molar-refractivity contribution in [2.24, 2.45) is 0 Å². The topological polar surface area (TPSA) is 60.5 Å². The van der Waals surface area contributed by atoms with E-state index in [9.17, 15) is 4.79 Å². The van der Waals surface area contributed by atoms with Crippen molar-refractivity contribution in [1.82, 2.24) is 20.5 Å². The Balaban J connectivity index is 1.25. The second kappa shape index (κ2) is 9.39. The van der Waals surface area contributed by atoms with Crippen molar-refractivity contribution in [3.8, 4) is 0 Å². The fourth-order valence-corrected chi connectivity index (χ4v) is 4.89. The normalized spacial score (nSPS) is 18.4. The summed E-state index contributed by atoms with van der Waals surface area (Å²) in [6.07, 6.45) is 6.85. The molecule has 6 nitrogen and oxygen atoms in total. The van der Waals surface area contributed by atoms with Crippen LogP contribution in [0.3, 0.4) is 0 Å². The molecule has 0 saturated carbocycles. The molecule has 4 rings (SSSR count). The molecule has 0 aromatic carbocycles. The van der Waals surface area contributed by atoms with Gasteiger partial charge in [-0.1, -0.05) is 12.1 Å². The van der Waals surface area contributed by atoms with Crippen LogP contribution in [0.15, 0.2) is 35.8 Å². The van der Waals surface area contributed by atoms with Crippen molar-refractivity contribution in [3.63, 3.8) is 0 Å². The molecule has 2 fully saturated rings. The van der Waals surface area contributed by atoms with E-state index in [0.29, 0.717) is 13.1 Å². The van der Waals surface area contributed by atoms with E-state index in [2.05, 4.69) is 55.1 Å². The van der Waals surface area contributed by atoms with E-state index >= 15 is 0 Å². The van der Waals surface area contributed by atoms with Crippen LogP contribution in [-0.2, 0) is 6.54 Å². The molecular formula is C21H29N5OS. The first kappa shape index (κ1) is 19.2. The predicted molar refractivity (Wildman–Crippen MR) is 114 cm³/mol. The minimum absolute atomic E-state index is 0.121. The van der Waals surface area contributed by atoms with Crippen LogP contribution < -0.4 is 15.5 Å². The van der Waals surface area contributed by atoms with Gasteiger partial charge in [-0.2, -0.15) is 0 Å². The summed E-state index contributed by atoms with van der Waals surface area (Å²) >= 11 is 1.77. The van der Waals surface area contributed by atoms with Crippen molar-refractivity contribution in [3.05, 3.63) is 46.3 Å². The molecule has 0 radical (unpaired) electrons. The lowest BCUT2D eigenvalue weighted by Crippen LogP contribution is -2.41. The Kier molecular flexibility index (Phi) is 6.44. The van der Waals surface area contributed by atoms with Crippen molar-refractivity contribution in [2.75, 3.05) is 37.6 Å². The molecule has 2 aliphatic heterocycles. The molecule has 1 unspecified atom stereocenters. The van der Waals surface area contributed by atoms with Gasteiger partial charge in [0.15, 0.2) is 0 Å². The van der Waals surface area contributed by atoms with Crippen molar-refractivity contribution in [1.29, 1.82) is 0 Å². The van der Waals surface area contributed by atoms with Crippen molar-refractivity contribution < 1.29 is 4.79 Å². The van der Waals surface area contributed by atoms with Gasteiger partial charge >= 0.3 is 6.03 Å². The molecule has 0 spiro atoms. The number of rotatable bonds is 7. The number of urea groups is 1. The molecule has 2 aromatic rings. The first-order chi connectivity index (χ1) is 13.8. The number of anilines is 1.